The second kappa shape index (κ2) is 3.08. The lowest BCUT2D eigenvalue weighted by atomic mass is 9.73. The molecule has 1 fully saturated rings. The Morgan fingerprint density at radius 2 is 2.27 bits per heavy atom. The van der Waals surface area contributed by atoms with E-state index in [1.165, 1.54) is 24.8 Å². The van der Waals surface area contributed by atoms with Gasteiger partial charge in [-0.05, 0) is 31.1 Å². The van der Waals surface area contributed by atoms with Crippen molar-refractivity contribution < 1.29 is 4.52 Å². The molecule has 2 aliphatic carbocycles. The van der Waals surface area contributed by atoms with E-state index in [9.17, 15) is 0 Å². The second-order valence-corrected chi connectivity index (χ2v) is 5.58. The largest absolute Gasteiger partial charge is 0.359 e. The average molecular weight is 206 g/mol. The summed E-state index contributed by atoms with van der Waals surface area (Å²) in [6.07, 6.45) is 6.83. The summed E-state index contributed by atoms with van der Waals surface area (Å²) in [4.78, 5) is 0. The van der Waals surface area contributed by atoms with Crippen LogP contribution in [0, 0.1) is 5.41 Å². The van der Waals surface area contributed by atoms with Crippen molar-refractivity contribution in [1.82, 2.24) is 10.5 Å². The Balaban J connectivity index is 1.92. The van der Waals surface area contributed by atoms with Crippen LogP contribution in [0.2, 0.25) is 0 Å². The lowest BCUT2D eigenvalue weighted by molar-refractivity contribution is 0.169. The molecule has 0 aliphatic heterocycles. The quantitative estimate of drug-likeness (QED) is 0.807. The van der Waals surface area contributed by atoms with Crippen molar-refractivity contribution in [3.8, 4) is 0 Å². The lowest BCUT2D eigenvalue weighted by Crippen LogP contribution is -2.38. The predicted octanol–water partition coefficient (Wildman–Crippen LogP) is 2.44. The van der Waals surface area contributed by atoms with Crippen LogP contribution in [0.15, 0.2) is 10.7 Å². The van der Waals surface area contributed by atoms with E-state index >= 15 is 0 Å². The summed E-state index contributed by atoms with van der Waals surface area (Å²) in [5.74, 6) is 1.08. The highest BCUT2D eigenvalue weighted by Gasteiger charge is 2.41. The van der Waals surface area contributed by atoms with Gasteiger partial charge in [-0.25, -0.2) is 0 Å². The molecule has 1 N–H and O–H groups in total. The predicted molar refractivity (Wildman–Crippen MR) is 57.5 cm³/mol. The van der Waals surface area contributed by atoms with Gasteiger partial charge in [0.25, 0.3) is 0 Å². The molecule has 82 valence electrons. The molecular weight excluding hydrogens is 188 g/mol. The third-order valence-electron chi connectivity index (χ3n) is 3.74. The molecule has 0 aromatic carbocycles. The molecule has 1 aromatic rings. The lowest BCUT2D eigenvalue weighted by Gasteiger charge is -2.37. The molecule has 3 rings (SSSR count). The Morgan fingerprint density at radius 1 is 1.47 bits per heavy atom. The molecule has 0 radical (unpaired) electrons. The molecule has 1 aromatic heterocycles. The van der Waals surface area contributed by atoms with E-state index in [-0.39, 0.29) is 5.41 Å². The van der Waals surface area contributed by atoms with Crippen LogP contribution in [0.5, 0.6) is 0 Å². The minimum absolute atomic E-state index is 0.287. The molecule has 0 spiro atoms. The van der Waals surface area contributed by atoms with Gasteiger partial charge in [-0.3, -0.25) is 0 Å². The van der Waals surface area contributed by atoms with E-state index in [0.717, 1.165) is 12.2 Å². The van der Waals surface area contributed by atoms with Crippen LogP contribution in [0.1, 0.15) is 50.5 Å². The molecule has 2 aliphatic rings. The van der Waals surface area contributed by atoms with Gasteiger partial charge in [-0.2, -0.15) is 0 Å². The monoisotopic (exact) mass is 206 g/mol. The molecule has 15 heavy (non-hydrogen) atoms. The minimum atomic E-state index is 0.287. The molecule has 1 saturated carbocycles. The zero-order chi connectivity index (χ0) is 10.5. The van der Waals surface area contributed by atoms with Crippen LogP contribution in [-0.4, -0.2) is 11.2 Å². The summed E-state index contributed by atoms with van der Waals surface area (Å²) in [5, 5.41) is 7.62. The molecule has 1 unspecified atom stereocenters. The van der Waals surface area contributed by atoms with Gasteiger partial charge in [-0.15, -0.1) is 0 Å². The fourth-order valence-corrected chi connectivity index (χ4v) is 2.44. The number of rotatable bonds is 2. The number of hydrogen-bond donors (Lipinski definition) is 1. The summed E-state index contributed by atoms with van der Waals surface area (Å²) >= 11 is 0. The van der Waals surface area contributed by atoms with Crippen LogP contribution in [0.3, 0.4) is 0 Å². The molecular formula is C12H18N2O. The molecule has 1 atom stereocenters. The van der Waals surface area contributed by atoms with E-state index in [0.29, 0.717) is 12.1 Å². The van der Waals surface area contributed by atoms with E-state index in [4.69, 9.17) is 4.52 Å². The first kappa shape index (κ1) is 9.40. The van der Waals surface area contributed by atoms with Crippen LogP contribution in [0.4, 0.5) is 0 Å². The van der Waals surface area contributed by atoms with Crippen molar-refractivity contribution in [2.45, 2.75) is 51.6 Å². The summed E-state index contributed by atoms with van der Waals surface area (Å²) in [7, 11) is 0. The van der Waals surface area contributed by atoms with Crippen LogP contribution in [-0.2, 0) is 6.42 Å². The SMILES string of the molecule is CC1(C)CCc2cnoc2C1NC1CC1. The number of hydrogen-bond acceptors (Lipinski definition) is 3. The summed E-state index contributed by atoms with van der Waals surface area (Å²) in [6, 6.07) is 1.07. The van der Waals surface area contributed by atoms with E-state index in [2.05, 4.69) is 24.3 Å². The molecule has 3 heteroatoms. The molecule has 0 bridgehead atoms. The maximum Gasteiger partial charge on any atom is 0.157 e. The molecule has 0 amide bonds. The van der Waals surface area contributed by atoms with E-state index < -0.39 is 0 Å². The van der Waals surface area contributed by atoms with Gasteiger partial charge in [0.05, 0.1) is 12.2 Å². The first-order chi connectivity index (χ1) is 7.17. The summed E-state index contributed by atoms with van der Waals surface area (Å²) in [5.41, 5.74) is 1.59. The normalized spacial score (nSPS) is 28.8. The van der Waals surface area contributed by atoms with Crippen molar-refractivity contribution >= 4 is 0 Å². The minimum Gasteiger partial charge on any atom is -0.359 e. The van der Waals surface area contributed by atoms with Gasteiger partial charge in [0.15, 0.2) is 5.76 Å². The Kier molecular flexibility index (Phi) is 1.93. The number of nitrogens with zero attached hydrogens (tertiary/aromatic N) is 1. The van der Waals surface area contributed by atoms with Crippen molar-refractivity contribution in [2.75, 3.05) is 0 Å². The van der Waals surface area contributed by atoms with Gasteiger partial charge < -0.3 is 9.84 Å². The highest BCUT2D eigenvalue weighted by atomic mass is 16.5. The molecule has 0 saturated heterocycles. The second-order valence-electron chi connectivity index (χ2n) is 5.58. The maximum absolute atomic E-state index is 5.42. The summed E-state index contributed by atoms with van der Waals surface area (Å²) in [6.45, 7) is 4.64. The molecule has 3 nitrogen and oxygen atoms in total. The van der Waals surface area contributed by atoms with Gasteiger partial charge in [0, 0.05) is 11.6 Å². The number of aryl methyl sites for hydroxylation is 1. The van der Waals surface area contributed by atoms with Gasteiger partial charge in [-0.1, -0.05) is 19.0 Å². The van der Waals surface area contributed by atoms with Gasteiger partial charge >= 0.3 is 0 Å². The van der Waals surface area contributed by atoms with Crippen molar-refractivity contribution in [3.63, 3.8) is 0 Å². The Morgan fingerprint density at radius 3 is 3.00 bits per heavy atom. The standard InChI is InChI=1S/C12H18N2O/c1-12(2)6-5-8-7-13-15-10(8)11(12)14-9-3-4-9/h7,9,11,14H,3-6H2,1-2H3. The Bertz CT molecular complexity index is 365. The highest BCUT2D eigenvalue weighted by molar-refractivity contribution is 5.24. The first-order valence-electron chi connectivity index (χ1n) is 5.86. The average Bonchev–Trinajstić information content (AvgIpc) is 2.87. The first-order valence-corrected chi connectivity index (χ1v) is 5.86. The number of aromatic nitrogens is 1. The highest BCUT2D eigenvalue weighted by Crippen LogP contribution is 2.44. The number of fused-ring (bicyclic) bond motifs is 1. The maximum atomic E-state index is 5.42. The number of nitrogens with one attached hydrogen (secondary N) is 1. The van der Waals surface area contributed by atoms with Crippen molar-refractivity contribution in [1.29, 1.82) is 0 Å². The zero-order valence-corrected chi connectivity index (χ0v) is 9.42. The fourth-order valence-electron chi connectivity index (χ4n) is 2.44. The van der Waals surface area contributed by atoms with Crippen LogP contribution in [0.25, 0.3) is 0 Å². The summed E-state index contributed by atoms with van der Waals surface area (Å²) < 4.78 is 5.42. The van der Waals surface area contributed by atoms with Gasteiger partial charge in [0.2, 0.25) is 0 Å². The zero-order valence-electron chi connectivity index (χ0n) is 9.42. The van der Waals surface area contributed by atoms with Gasteiger partial charge in [0.1, 0.15) is 0 Å². The van der Waals surface area contributed by atoms with E-state index in [1.54, 1.807) is 0 Å². The van der Waals surface area contributed by atoms with Crippen molar-refractivity contribution in [2.24, 2.45) is 5.41 Å². The van der Waals surface area contributed by atoms with E-state index in [1.807, 2.05) is 6.20 Å². The molecule has 1 heterocycles. The smallest absolute Gasteiger partial charge is 0.157 e. The third-order valence-corrected chi connectivity index (χ3v) is 3.74. The van der Waals surface area contributed by atoms with Crippen molar-refractivity contribution in [3.05, 3.63) is 17.5 Å². The van der Waals surface area contributed by atoms with Crippen LogP contribution >= 0.6 is 0 Å². The fraction of sp³-hybridized carbons (Fsp3) is 0.750. The Hall–Kier alpha value is -0.830. The third kappa shape index (κ3) is 1.59. The Labute approximate surface area is 90.2 Å². The van der Waals surface area contributed by atoms with Crippen LogP contribution < -0.4 is 5.32 Å². The topological polar surface area (TPSA) is 38.1 Å².